The second-order valence-corrected chi connectivity index (χ2v) is 2.68. The topological polar surface area (TPSA) is 93.9 Å². The second kappa shape index (κ2) is 17.0. The van der Waals surface area contributed by atoms with Crippen LogP contribution in [0.4, 0.5) is 0 Å². The van der Waals surface area contributed by atoms with E-state index >= 15 is 0 Å². The third-order valence-electron chi connectivity index (χ3n) is 0.667. The van der Waals surface area contributed by atoms with Crippen molar-refractivity contribution in [2.24, 2.45) is 0 Å². The molecule has 0 aliphatic rings. The van der Waals surface area contributed by atoms with Crippen molar-refractivity contribution < 1.29 is 9.59 Å². The van der Waals surface area contributed by atoms with Crippen LogP contribution in [0.15, 0.2) is 0 Å². The van der Waals surface area contributed by atoms with Crippen molar-refractivity contribution in [1.29, 1.82) is 10.8 Å². The zero-order valence-electron chi connectivity index (χ0n) is 8.47. The molecule has 0 aromatic heterocycles. The van der Waals surface area contributed by atoms with Gasteiger partial charge in [-0.05, 0) is 0 Å². The number of nitrogens with one attached hydrogen (secondary N) is 3. The van der Waals surface area contributed by atoms with Gasteiger partial charge < -0.3 is 5.32 Å². The van der Waals surface area contributed by atoms with Crippen molar-refractivity contribution in [3.8, 4) is 0 Å². The Morgan fingerprint density at radius 1 is 0.923 bits per heavy atom. The standard InChI is InChI=1S/C6H15N.2CHNO/c1-5(2)7-6(3)4;2*2-1-3/h5-7H,1-4H3;2*2H. The molecule has 0 aliphatic carbocycles. The molecule has 0 aromatic rings. The lowest BCUT2D eigenvalue weighted by molar-refractivity contribution is 0.518. The van der Waals surface area contributed by atoms with Gasteiger partial charge in [-0.2, -0.15) is 0 Å². The van der Waals surface area contributed by atoms with Crippen LogP contribution in [0.2, 0.25) is 0 Å². The van der Waals surface area contributed by atoms with Crippen molar-refractivity contribution in [1.82, 2.24) is 5.32 Å². The zero-order chi connectivity index (χ0) is 11.3. The molecule has 0 heterocycles. The van der Waals surface area contributed by atoms with E-state index in [0.717, 1.165) is 12.2 Å². The highest BCUT2D eigenvalue weighted by molar-refractivity contribution is 5.26. The lowest BCUT2D eigenvalue weighted by Crippen LogP contribution is -2.29. The fourth-order valence-electron chi connectivity index (χ4n) is 0.667. The molecule has 5 nitrogen and oxygen atoms in total. The van der Waals surface area contributed by atoms with Gasteiger partial charge in [0.2, 0.25) is 12.2 Å². The SMILES string of the molecule is CC(C)NC(C)C.N=C=O.N=C=O. The van der Waals surface area contributed by atoms with Gasteiger partial charge in [-0.15, -0.1) is 0 Å². The summed E-state index contributed by atoms with van der Waals surface area (Å²) in [4.78, 5) is 16.7. The van der Waals surface area contributed by atoms with Gasteiger partial charge in [0.15, 0.2) is 0 Å². The van der Waals surface area contributed by atoms with Gasteiger partial charge in [-0.25, -0.2) is 20.4 Å². The highest BCUT2D eigenvalue weighted by Gasteiger charge is 1.92. The molecule has 13 heavy (non-hydrogen) atoms. The minimum atomic E-state index is 0.625. The molecule has 0 bridgehead atoms. The Balaban J connectivity index is -0.000000140. The molecule has 0 spiro atoms. The van der Waals surface area contributed by atoms with E-state index < -0.39 is 0 Å². The highest BCUT2D eigenvalue weighted by Crippen LogP contribution is 1.80. The van der Waals surface area contributed by atoms with Crippen LogP contribution in [-0.4, -0.2) is 24.2 Å². The number of carbonyl (C=O) groups excluding carboxylic acids is 2. The Hall–Kier alpha value is -1.28. The second-order valence-electron chi connectivity index (χ2n) is 2.68. The third kappa shape index (κ3) is 110. The van der Waals surface area contributed by atoms with Crippen molar-refractivity contribution in [2.45, 2.75) is 39.8 Å². The first-order valence-corrected chi connectivity index (χ1v) is 3.79. The van der Waals surface area contributed by atoms with Crippen molar-refractivity contribution in [3.05, 3.63) is 0 Å². The maximum Gasteiger partial charge on any atom is 0.231 e. The van der Waals surface area contributed by atoms with Gasteiger partial charge in [-0.3, -0.25) is 0 Å². The Morgan fingerprint density at radius 2 is 1.08 bits per heavy atom. The fraction of sp³-hybridized carbons (Fsp3) is 0.750. The zero-order valence-corrected chi connectivity index (χ0v) is 8.47. The smallest absolute Gasteiger partial charge is 0.231 e. The van der Waals surface area contributed by atoms with E-state index in [4.69, 9.17) is 20.4 Å². The van der Waals surface area contributed by atoms with Gasteiger partial charge in [0.1, 0.15) is 0 Å². The molecule has 0 rings (SSSR count). The summed E-state index contributed by atoms with van der Waals surface area (Å²) in [6.07, 6.45) is 1.50. The van der Waals surface area contributed by atoms with E-state index in [1.54, 1.807) is 0 Å². The highest BCUT2D eigenvalue weighted by atomic mass is 16.1. The van der Waals surface area contributed by atoms with E-state index in [1.165, 1.54) is 0 Å². The minimum Gasteiger partial charge on any atom is -0.312 e. The summed E-state index contributed by atoms with van der Waals surface area (Å²) in [7, 11) is 0. The summed E-state index contributed by atoms with van der Waals surface area (Å²) in [6.45, 7) is 8.61. The van der Waals surface area contributed by atoms with Crippen LogP contribution in [0.1, 0.15) is 27.7 Å². The number of hydrogen-bond acceptors (Lipinski definition) is 5. The first-order chi connectivity index (χ1) is 5.95. The van der Waals surface area contributed by atoms with Crippen LogP contribution < -0.4 is 5.32 Å². The van der Waals surface area contributed by atoms with E-state index in [1.807, 2.05) is 0 Å². The van der Waals surface area contributed by atoms with Gasteiger partial charge >= 0.3 is 0 Å². The lowest BCUT2D eigenvalue weighted by atomic mass is 10.3. The van der Waals surface area contributed by atoms with Gasteiger partial charge in [0.05, 0.1) is 0 Å². The molecular formula is C8H17N3O2. The molecule has 0 unspecified atom stereocenters. The normalized spacial score (nSPS) is 7.23. The Morgan fingerprint density at radius 3 is 1.08 bits per heavy atom. The van der Waals surface area contributed by atoms with E-state index in [-0.39, 0.29) is 0 Å². The van der Waals surface area contributed by atoms with Gasteiger partial charge in [0.25, 0.3) is 0 Å². The summed E-state index contributed by atoms with van der Waals surface area (Å²) < 4.78 is 0. The molecule has 3 N–H and O–H groups in total. The maximum atomic E-state index is 8.35. The molecule has 0 aliphatic heterocycles. The summed E-state index contributed by atoms with van der Waals surface area (Å²) in [6, 6.07) is 1.25. The van der Waals surface area contributed by atoms with E-state index in [9.17, 15) is 0 Å². The Kier molecular flexibility index (Phi) is 23.2. The first-order valence-electron chi connectivity index (χ1n) is 3.79. The van der Waals surface area contributed by atoms with Crippen LogP contribution in [0.5, 0.6) is 0 Å². The number of isocyanates is 2. The summed E-state index contributed by atoms with van der Waals surface area (Å²) in [5.74, 6) is 0. The molecule has 0 aromatic carbocycles. The lowest BCUT2D eigenvalue weighted by Gasteiger charge is -2.10. The molecule has 0 fully saturated rings. The van der Waals surface area contributed by atoms with Crippen molar-refractivity contribution >= 4 is 12.2 Å². The first kappa shape index (κ1) is 17.7. The van der Waals surface area contributed by atoms with Crippen molar-refractivity contribution in [3.63, 3.8) is 0 Å². The monoisotopic (exact) mass is 187 g/mol. The molecule has 0 atom stereocenters. The summed E-state index contributed by atoms with van der Waals surface area (Å²) in [5, 5.41) is 14.1. The molecule has 0 radical (unpaired) electrons. The maximum absolute atomic E-state index is 8.35. The summed E-state index contributed by atoms with van der Waals surface area (Å²) >= 11 is 0. The predicted molar refractivity (Wildman–Crippen MR) is 50.2 cm³/mol. The minimum absolute atomic E-state index is 0.625. The van der Waals surface area contributed by atoms with Crippen LogP contribution in [0.25, 0.3) is 0 Å². The van der Waals surface area contributed by atoms with E-state index in [0.29, 0.717) is 12.1 Å². The largest absolute Gasteiger partial charge is 0.312 e. The average Bonchev–Trinajstić information content (AvgIpc) is 1.86. The third-order valence-corrected chi connectivity index (χ3v) is 0.667. The molecule has 0 amide bonds. The average molecular weight is 187 g/mol. The molecule has 76 valence electrons. The molecule has 5 heteroatoms. The van der Waals surface area contributed by atoms with Crippen LogP contribution in [0, 0.1) is 10.8 Å². The van der Waals surface area contributed by atoms with Crippen LogP contribution in [-0.2, 0) is 9.59 Å². The predicted octanol–water partition coefficient (Wildman–Crippen LogP) is 1.19. The number of hydrogen-bond donors (Lipinski definition) is 3. The van der Waals surface area contributed by atoms with Crippen LogP contribution >= 0.6 is 0 Å². The van der Waals surface area contributed by atoms with E-state index in [2.05, 4.69) is 33.0 Å². The van der Waals surface area contributed by atoms with Crippen molar-refractivity contribution in [2.75, 3.05) is 0 Å². The van der Waals surface area contributed by atoms with Gasteiger partial charge in [-0.1, -0.05) is 27.7 Å². The molecule has 0 saturated heterocycles. The van der Waals surface area contributed by atoms with Crippen LogP contribution in [0.3, 0.4) is 0 Å². The Bertz CT molecular complexity index is 137. The quantitative estimate of drug-likeness (QED) is 0.447. The molecular weight excluding hydrogens is 170 g/mol. The molecule has 0 saturated carbocycles. The fourth-order valence-corrected chi connectivity index (χ4v) is 0.667. The summed E-state index contributed by atoms with van der Waals surface area (Å²) in [5.41, 5.74) is 0. The Labute approximate surface area is 78.5 Å². The van der Waals surface area contributed by atoms with Gasteiger partial charge in [0, 0.05) is 12.1 Å². The number of rotatable bonds is 2.